The lowest BCUT2D eigenvalue weighted by Crippen LogP contribution is -2.48. The van der Waals surface area contributed by atoms with Crippen molar-refractivity contribution < 1.29 is 9.32 Å². The van der Waals surface area contributed by atoms with E-state index in [1.807, 2.05) is 30.3 Å². The molecular formula is C18H22N2O2. The highest BCUT2D eigenvalue weighted by molar-refractivity contribution is 5.92. The van der Waals surface area contributed by atoms with E-state index in [1.165, 1.54) is 0 Å². The second-order valence-electron chi connectivity index (χ2n) is 6.64. The van der Waals surface area contributed by atoms with Gasteiger partial charge >= 0.3 is 0 Å². The number of benzene rings is 1. The highest BCUT2D eigenvalue weighted by Crippen LogP contribution is 2.31. The van der Waals surface area contributed by atoms with Gasteiger partial charge in [-0.05, 0) is 38.5 Å². The minimum absolute atomic E-state index is 0.136. The standard InChI is InChI=1S/C18H22N2O2/c1-13-8-10-18(2,11-9-13)19-17(21)16-12-15(20-22-16)14-6-4-3-5-7-14/h3-7,12-13H,8-11H2,1-2H3,(H,19,21). The Morgan fingerprint density at radius 3 is 2.64 bits per heavy atom. The zero-order chi connectivity index (χ0) is 15.6. The van der Waals surface area contributed by atoms with Crippen LogP contribution in [0.15, 0.2) is 40.9 Å². The van der Waals surface area contributed by atoms with Crippen LogP contribution in [0.1, 0.15) is 50.1 Å². The Bertz CT molecular complexity index is 640. The maximum atomic E-state index is 12.4. The predicted molar refractivity (Wildman–Crippen MR) is 85.4 cm³/mol. The van der Waals surface area contributed by atoms with Crippen molar-refractivity contribution in [1.82, 2.24) is 10.5 Å². The lowest BCUT2D eigenvalue weighted by Gasteiger charge is -2.36. The normalized spacial score (nSPS) is 24.9. The Morgan fingerprint density at radius 1 is 1.27 bits per heavy atom. The van der Waals surface area contributed by atoms with Gasteiger partial charge in [-0.15, -0.1) is 0 Å². The van der Waals surface area contributed by atoms with E-state index in [1.54, 1.807) is 6.07 Å². The first kappa shape index (κ1) is 14.8. The van der Waals surface area contributed by atoms with E-state index in [9.17, 15) is 4.79 Å². The largest absolute Gasteiger partial charge is 0.350 e. The highest BCUT2D eigenvalue weighted by atomic mass is 16.5. The first-order valence-corrected chi connectivity index (χ1v) is 7.90. The highest BCUT2D eigenvalue weighted by Gasteiger charge is 2.32. The van der Waals surface area contributed by atoms with Crippen LogP contribution in [0.5, 0.6) is 0 Å². The molecule has 1 N–H and O–H groups in total. The van der Waals surface area contributed by atoms with E-state index in [-0.39, 0.29) is 17.2 Å². The van der Waals surface area contributed by atoms with Crippen molar-refractivity contribution in [1.29, 1.82) is 0 Å². The summed E-state index contributed by atoms with van der Waals surface area (Å²) in [5.41, 5.74) is 1.50. The van der Waals surface area contributed by atoms with E-state index in [2.05, 4.69) is 24.3 Å². The summed E-state index contributed by atoms with van der Waals surface area (Å²) in [6, 6.07) is 11.4. The molecule has 1 aliphatic carbocycles. The number of nitrogens with one attached hydrogen (secondary N) is 1. The van der Waals surface area contributed by atoms with Crippen molar-refractivity contribution in [2.75, 3.05) is 0 Å². The van der Waals surface area contributed by atoms with Crippen molar-refractivity contribution in [3.05, 3.63) is 42.2 Å². The van der Waals surface area contributed by atoms with Gasteiger partial charge in [0.1, 0.15) is 5.69 Å². The summed E-state index contributed by atoms with van der Waals surface area (Å²) in [5.74, 6) is 0.852. The van der Waals surface area contributed by atoms with Crippen LogP contribution in [0.3, 0.4) is 0 Å². The number of rotatable bonds is 3. The van der Waals surface area contributed by atoms with Crippen molar-refractivity contribution in [3.63, 3.8) is 0 Å². The SMILES string of the molecule is CC1CCC(C)(NC(=O)c2cc(-c3ccccc3)no2)CC1. The smallest absolute Gasteiger partial charge is 0.290 e. The first-order valence-electron chi connectivity index (χ1n) is 7.90. The lowest BCUT2D eigenvalue weighted by molar-refractivity contribution is 0.0832. The number of hydrogen-bond donors (Lipinski definition) is 1. The average Bonchev–Trinajstić information content (AvgIpc) is 3.01. The van der Waals surface area contributed by atoms with Gasteiger partial charge in [0.05, 0.1) is 0 Å². The minimum Gasteiger partial charge on any atom is -0.350 e. The Labute approximate surface area is 130 Å². The molecule has 0 bridgehead atoms. The molecule has 1 saturated carbocycles. The van der Waals surface area contributed by atoms with Gasteiger partial charge < -0.3 is 9.84 Å². The van der Waals surface area contributed by atoms with Crippen LogP contribution in [0.4, 0.5) is 0 Å². The van der Waals surface area contributed by atoms with Crippen molar-refractivity contribution in [2.45, 2.75) is 45.1 Å². The molecule has 1 aromatic heterocycles. The second kappa shape index (κ2) is 5.95. The van der Waals surface area contributed by atoms with Crippen LogP contribution < -0.4 is 5.32 Å². The molecule has 1 heterocycles. The third kappa shape index (κ3) is 3.21. The molecule has 0 saturated heterocycles. The predicted octanol–water partition coefficient (Wildman–Crippen LogP) is 4.04. The lowest BCUT2D eigenvalue weighted by atomic mass is 9.78. The third-order valence-corrected chi connectivity index (χ3v) is 4.60. The number of aromatic nitrogens is 1. The molecular weight excluding hydrogens is 276 g/mol. The van der Waals surface area contributed by atoms with Crippen LogP contribution in [0, 0.1) is 5.92 Å². The fourth-order valence-electron chi connectivity index (χ4n) is 2.99. The Balaban J connectivity index is 1.70. The van der Waals surface area contributed by atoms with E-state index >= 15 is 0 Å². The van der Waals surface area contributed by atoms with Crippen LogP contribution in [-0.2, 0) is 0 Å². The number of hydrogen-bond acceptors (Lipinski definition) is 3. The number of carbonyl (C=O) groups excluding carboxylic acids is 1. The monoisotopic (exact) mass is 298 g/mol. The minimum atomic E-state index is -0.174. The molecule has 2 aromatic rings. The zero-order valence-electron chi connectivity index (χ0n) is 13.1. The summed E-state index contributed by atoms with van der Waals surface area (Å²) in [6.07, 6.45) is 4.34. The maximum Gasteiger partial charge on any atom is 0.290 e. The van der Waals surface area contributed by atoms with E-state index in [0.29, 0.717) is 5.69 Å². The van der Waals surface area contributed by atoms with Gasteiger partial charge in [-0.1, -0.05) is 42.4 Å². The third-order valence-electron chi connectivity index (χ3n) is 4.60. The fraction of sp³-hybridized carbons (Fsp3) is 0.444. The van der Waals surface area contributed by atoms with E-state index in [4.69, 9.17) is 4.52 Å². The van der Waals surface area contributed by atoms with Gasteiger partial charge in [0.25, 0.3) is 5.91 Å². The maximum absolute atomic E-state index is 12.4. The Hall–Kier alpha value is -2.10. The number of carbonyl (C=O) groups is 1. The zero-order valence-corrected chi connectivity index (χ0v) is 13.1. The molecule has 0 atom stereocenters. The van der Waals surface area contributed by atoms with Crippen molar-refractivity contribution in [2.24, 2.45) is 5.92 Å². The Morgan fingerprint density at radius 2 is 1.95 bits per heavy atom. The summed E-state index contributed by atoms with van der Waals surface area (Å²) in [6.45, 7) is 4.38. The van der Waals surface area contributed by atoms with Gasteiger partial charge in [0, 0.05) is 17.2 Å². The molecule has 4 nitrogen and oxygen atoms in total. The average molecular weight is 298 g/mol. The second-order valence-corrected chi connectivity index (χ2v) is 6.64. The van der Waals surface area contributed by atoms with Crippen LogP contribution >= 0.6 is 0 Å². The van der Waals surface area contributed by atoms with Crippen LogP contribution in [0.25, 0.3) is 11.3 Å². The molecule has 0 unspecified atom stereocenters. The summed E-state index contributed by atoms with van der Waals surface area (Å²) < 4.78 is 5.23. The van der Waals surface area contributed by atoms with Gasteiger partial charge in [-0.3, -0.25) is 4.79 Å². The fourth-order valence-corrected chi connectivity index (χ4v) is 2.99. The van der Waals surface area contributed by atoms with Gasteiger partial charge in [0.2, 0.25) is 5.76 Å². The van der Waals surface area contributed by atoms with Crippen LogP contribution in [0.2, 0.25) is 0 Å². The molecule has 22 heavy (non-hydrogen) atoms. The van der Waals surface area contributed by atoms with E-state index in [0.717, 1.165) is 37.2 Å². The van der Waals surface area contributed by atoms with Gasteiger partial charge in [0.15, 0.2) is 0 Å². The number of amides is 1. The molecule has 1 fully saturated rings. The van der Waals surface area contributed by atoms with Crippen molar-refractivity contribution >= 4 is 5.91 Å². The molecule has 1 amide bonds. The molecule has 1 aromatic carbocycles. The molecule has 0 aliphatic heterocycles. The molecule has 4 heteroatoms. The number of nitrogens with zero attached hydrogens (tertiary/aromatic N) is 1. The molecule has 0 spiro atoms. The van der Waals surface area contributed by atoms with Gasteiger partial charge in [-0.25, -0.2) is 0 Å². The summed E-state index contributed by atoms with van der Waals surface area (Å²) in [4.78, 5) is 12.4. The molecule has 1 aliphatic rings. The Kier molecular flexibility index (Phi) is 4.01. The molecule has 3 rings (SSSR count). The summed E-state index contributed by atoms with van der Waals surface area (Å²) in [7, 11) is 0. The topological polar surface area (TPSA) is 55.1 Å². The summed E-state index contributed by atoms with van der Waals surface area (Å²) >= 11 is 0. The quantitative estimate of drug-likeness (QED) is 0.930. The van der Waals surface area contributed by atoms with Crippen LogP contribution in [-0.4, -0.2) is 16.6 Å². The molecule has 0 radical (unpaired) electrons. The first-order chi connectivity index (χ1) is 10.6. The summed E-state index contributed by atoms with van der Waals surface area (Å²) in [5, 5.41) is 7.12. The van der Waals surface area contributed by atoms with Gasteiger partial charge in [-0.2, -0.15) is 0 Å². The van der Waals surface area contributed by atoms with E-state index < -0.39 is 0 Å². The van der Waals surface area contributed by atoms with Crippen molar-refractivity contribution in [3.8, 4) is 11.3 Å². The molecule has 116 valence electrons.